The van der Waals surface area contributed by atoms with Crippen LogP contribution in [0.1, 0.15) is 73.2 Å². The minimum absolute atomic E-state index is 0.124. The molecular weight excluding hydrogens is 334 g/mol. The number of amides is 2. The third-order valence-electron chi connectivity index (χ3n) is 4.41. The molecule has 2 amide bonds. The third-order valence-corrected chi connectivity index (χ3v) is 4.41. The predicted molar refractivity (Wildman–Crippen MR) is 93.2 cm³/mol. The molecule has 0 saturated carbocycles. The molecule has 1 saturated heterocycles. The maximum atomic E-state index is 12.9. The smallest absolute Gasteiger partial charge is 0.293 e. The van der Waals surface area contributed by atoms with Crippen molar-refractivity contribution in [3.8, 4) is 0 Å². The Morgan fingerprint density at radius 1 is 1.38 bits per heavy atom. The molecular formula is C18H23N5O3. The molecule has 3 rings (SSSR count). The standard InChI is InChI=1S/C18H23N5O3/c1-11(2)14-7-17(26-22-14)18(25)23-6-4-5-16(23)15-10-19-8-13(21-15)9-20-12(3)24/h7-8,10-11,16H,4-6,9H2,1-3H3,(H,20,24)/t16-/m1/s1. The average Bonchev–Trinajstić information content (AvgIpc) is 3.29. The van der Waals surface area contributed by atoms with Crippen LogP contribution >= 0.6 is 0 Å². The highest BCUT2D eigenvalue weighted by atomic mass is 16.5. The Bertz CT molecular complexity index is 802. The van der Waals surface area contributed by atoms with E-state index in [1.54, 1.807) is 23.4 Å². The number of hydrogen-bond acceptors (Lipinski definition) is 6. The molecule has 8 nitrogen and oxygen atoms in total. The van der Waals surface area contributed by atoms with E-state index >= 15 is 0 Å². The number of rotatable bonds is 5. The molecule has 0 spiro atoms. The van der Waals surface area contributed by atoms with Gasteiger partial charge in [-0.3, -0.25) is 19.6 Å². The summed E-state index contributed by atoms with van der Waals surface area (Å²) in [5.74, 6) is 0.149. The highest BCUT2D eigenvalue weighted by Crippen LogP contribution is 2.32. The van der Waals surface area contributed by atoms with Crippen LogP contribution in [0.25, 0.3) is 0 Å². The molecule has 0 aliphatic carbocycles. The zero-order valence-electron chi connectivity index (χ0n) is 15.2. The van der Waals surface area contributed by atoms with Crippen LogP contribution in [0.4, 0.5) is 0 Å². The van der Waals surface area contributed by atoms with Gasteiger partial charge >= 0.3 is 0 Å². The molecule has 2 aromatic rings. The number of nitrogens with zero attached hydrogens (tertiary/aromatic N) is 4. The first-order valence-corrected chi connectivity index (χ1v) is 8.78. The van der Waals surface area contributed by atoms with Crippen molar-refractivity contribution < 1.29 is 14.1 Å². The van der Waals surface area contributed by atoms with Crippen LogP contribution < -0.4 is 5.32 Å². The number of likely N-dealkylation sites (tertiary alicyclic amines) is 1. The van der Waals surface area contributed by atoms with E-state index in [-0.39, 0.29) is 29.5 Å². The first-order chi connectivity index (χ1) is 12.5. The number of nitrogens with one attached hydrogen (secondary N) is 1. The van der Waals surface area contributed by atoms with Gasteiger partial charge in [0.15, 0.2) is 0 Å². The second-order valence-electron chi connectivity index (χ2n) is 6.77. The zero-order valence-corrected chi connectivity index (χ0v) is 15.2. The molecule has 2 aromatic heterocycles. The van der Waals surface area contributed by atoms with Gasteiger partial charge < -0.3 is 14.7 Å². The molecule has 1 atom stereocenters. The van der Waals surface area contributed by atoms with Crippen LogP contribution in [0, 0.1) is 0 Å². The molecule has 0 aromatic carbocycles. The topological polar surface area (TPSA) is 101 Å². The molecule has 0 bridgehead atoms. The molecule has 0 radical (unpaired) electrons. The van der Waals surface area contributed by atoms with Crippen molar-refractivity contribution in [2.24, 2.45) is 0 Å². The summed E-state index contributed by atoms with van der Waals surface area (Å²) in [5, 5.41) is 6.68. The third kappa shape index (κ3) is 3.89. The van der Waals surface area contributed by atoms with Crippen LogP contribution in [-0.4, -0.2) is 38.4 Å². The van der Waals surface area contributed by atoms with Crippen LogP contribution in [0.5, 0.6) is 0 Å². The SMILES string of the molecule is CC(=O)NCc1cncc([C@H]2CCCN2C(=O)c2cc(C(C)C)no2)n1. The van der Waals surface area contributed by atoms with E-state index in [1.165, 1.54) is 6.92 Å². The molecule has 3 heterocycles. The first kappa shape index (κ1) is 18.0. The average molecular weight is 357 g/mol. The van der Waals surface area contributed by atoms with E-state index in [1.807, 2.05) is 13.8 Å². The van der Waals surface area contributed by atoms with Gasteiger partial charge in [0.05, 0.1) is 42.1 Å². The van der Waals surface area contributed by atoms with Gasteiger partial charge in [0.1, 0.15) is 0 Å². The largest absolute Gasteiger partial charge is 0.351 e. The lowest BCUT2D eigenvalue weighted by atomic mass is 10.1. The molecule has 1 N–H and O–H groups in total. The Balaban J connectivity index is 1.78. The van der Waals surface area contributed by atoms with E-state index < -0.39 is 0 Å². The summed E-state index contributed by atoms with van der Waals surface area (Å²) in [5.41, 5.74) is 2.15. The number of hydrogen-bond donors (Lipinski definition) is 1. The second-order valence-corrected chi connectivity index (χ2v) is 6.77. The molecule has 1 aliphatic rings. The summed E-state index contributed by atoms with van der Waals surface area (Å²) in [4.78, 5) is 34.5. The molecule has 1 fully saturated rings. The fourth-order valence-electron chi connectivity index (χ4n) is 3.00. The van der Waals surface area contributed by atoms with Crippen molar-refractivity contribution in [3.63, 3.8) is 0 Å². The van der Waals surface area contributed by atoms with Crippen molar-refractivity contribution in [3.05, 3.63) is 41.3 Å². The summed E-state index contributed by atoms with van der Waals surface area (Å²) in [6, 6.07) is 1.56. The molecule has 26 heavy (non-hydrogen) atoms. The van der Waals surface area contributed by atoms with Crippen LogP contribution in [-0.2, 0) is 11.3 Å². The maximum absolute atomic E-state index is 12.9. The Morgan fingerprint density at radius 3 is 2.88 bits per heavy atom. The minimum Gasteiger partial charge on any atom is -0.351 e. The summed E-state index contributed by atoms with van der Waals surface area (Å²) in [6.45, 7) is 6.41. The fraction of sp³-hybridized carbons (Fsp3) is 0.500. The maximum Gasteiger partial charge on any atom is 0.293 e. The van der Waals surface area contributed by atoms with Gasteiger partial charge in [-0.2, -0.15) is 0 Å². The Labute approximate surface area is 152 Å². The van der Waals surface area contributed by atoms with Crippen molar-refractivity contribution >= 4 is 11.8 Å². The van der Waals surface area contributed by atoms with Gasteiger partial charge in [0, 0.05) is 19.5 Å². The van der Waals surface area contributed by atoms with Crippen LogP contribution in [0.15, 0.2) is 23.0 Å². The van der Waals surface area contributed by atoms with Gasteiger partial charge in [-0.15, -0.1) is 0 Å². The Kier molecular flexibility index (Phi) is 5.29. The van der Waals surface area contributed by atoms with Crippen molar-refractivity contribution in [2.75, 3.05) is 6.54 Å². The lowest BCUT2D eigenvalue weighted by molar-refractivity contribution is -0.119. The minimum atomic E-state index is -0.180. The van der Waals surface area contributed by atoms with E-state index in [4.69, 9.17) is 4.52 Å². The summed E-state index contributed by atoms with van der Waals surface area (Å²) < 4.78 is 5.25. The lowest BCUT2D eigenvalue weighted by Crippen LogP contribution is -2.31. The highest BCUT2D eigenvalue weighted by molar-refractivity contribution is 5.92. The molecule has 138 valence electrons. The van der Waals surface area contributed by atoms with Crippen molar-refractivity contribution in [2.45, 2.75) is 52.1 Å². The quantitative estimate of drug-likeness (QED) is 0.880. The molecule has 1 aliphatic heterocycles. The van der Waals surface area contributed by atoms with E-state index in [0.717, 1.165) is 24.2 Å². The fourth-order valence-corrected chi connectivity index (χ4v) is 3.00. The normalized spacial score (nSPS) is 16.9. The van der Waals surface area contributed by atoms with Gasteiger partial charge in [-0.1, -0.05) is 19.0 Å². The zero-order chi connectivity index (χ0) is 18.7. The van der Waals surface area contributed by atoms with E-state index in [0.29, 0.717) is 18.8 Å². The van der Waals surface area contributed by atoms with Gasteiger partial charge in [-0.05, 0) is 18.8 Å². The summed E-state index contributed by atoms with van der Waals surface area (Å²) in [6.07, 6.45) is 4.99. The van der Waals surface area contributed by atoms with E-state index in [9.17, 15) is 9.59 Å². The number of carbonyl (C=O) groups is 2. The van der Waals surface area contributed by atoms with Crippen LogP contribution in [0.3, 0.4) is 0 Å². The summed E-state index contributed by atoms with van der Waals surface area (Å²) >= 11 is 0. The Morgan fingerprint density at radius 2 is 2.19 bits per heavy atom. The lowest BCUT2D eigenvalue weighted by Gasteiger charge is -2.23. The van der Waals surface area contributed by atoms with Crippen molar-refractivity contribution in [1.82, 2.24) is 25.3 Å². The first-order valence-electron chi connectivity index (χ1n) is 8.78. The molecule has 8 heteroatoms. The van der Waals surface area contributed by atoms with Crippen LogP contribution in [0.2, 0.25) is 0 Å². The second kappa shape index (κ2) is 7.63. The monoisotopic (exact) mass is 357 g/mol. The highest BCUT2D eigenvalue weighted by Gasteiger charge is 2.33. The van der Waals surface area contributed by atoms with Gasteiger partial charge in [0.2, 0.25) is 11.7 Å². The number of carbonyl (C=O) groups excluding carboxylic acids is 2. The van der Waals surface area contributed by atoms with E-state index in [2.05, 4.69) is 20.4 Å². The van der Waals surface area contributed by atoms with Gasteiger partial charge in [0.25, 0.3) is 5.91 Å². The predicted octanol–water partition coefficient (Wildman–Crippen LogP) is 2.20. The molecule has 0 unspecified atom stereocenters. The summed E-state index contributed by atoms with van der Waals surface area (Å²) in [7, 11) is 0. The van der Waals surface area contributed by atoms with Gasteiger partial charge in [-0.25, -0.2) is 0 Å². The number of aromatic nitrogens is 3. The Hall–Kier alpha value is -2.77. The van der Waals surface area contributed by atoms with Crippen molar-refractivity contribution in [1.29, 1.82) is 0 Å².